The molecule has 1 heterocycles. The van der Waals surface area contributed by atoms with Crippen molar-refractivity contribution in [2.75, 3.05) is 12.0 Å². The molecule has 1 aliphatic rings. The van der Waals surface area contributed by atoms with Crippen LogP contribution in [0.1, 0.15) is 22.3 Å². The van der Waals surface area contributed by atoms with E-state index in [0.717, 1.165) is 26.1 Å². The van der Waals surface area contributed by atoms with E-state index in [4.69, 9.17) is 9.47 Å². The van der Waals surface area contributed by atoms with Crippen LogP contribution in [0.4, 0.5) is 10.5 Å². The Morgan fingerprint density at radius 3 is 2.39 bits per heavy atom. The zero-order chi connectivity index (χ0) is 26.0. The highest BCUT2D eigenvalue weighted by molar-refractivity contribution is 9.10. The number of nitrogens with one attached hydrogen (secondary N) is 1. The summed E-state index contributed by atoms with van der Waals surface area (Å²) in [6.45, 7) is 4.12. The molecule has 184 valence electrons. The van der Waals surface area contributed by atoms with Gasteiger partial charge in [-0.2, -0.15) is 0 Å². The molecule has 4 amide bonds. The first kappa shape index (κ1) is 25.7. The molecule has 3 aromatic carbocycles. The Morgan fingerprint density at radius 2 is 1.69 bits per heavy atom. The molecule has 1 N–H and O–H groups in total. The number of nitrogens with zero attached hydrogens (tertiary/aromatic N) is 1. The van der Waals surface area contributed by atoms with Crippen LogP contribution in [-0.2, 0) is 16.2 Å². The van der Waals surface area contributed by atoms with E-state index in [1.807, 2.05) is 44.2 Å². The van der Waals surface area contributed by atoms with E-state index < -0.39 is 17.8 Å². The molecule has 0 aromatic heterocycles. The Bertz CT molecular complexity index is 1420. The zero-order valence-corrected chi connectivity index (χ0v) is 22.9. The van der Waals surface area contributed by atoms with Crippen LogP contribution in [0, 0.1) is 13.8 Å². The van der Waals surface area contributed by atoms with Crippen LogP contribution in [0.2, 0.25) is 0 Å². The third-order valence-electron chi connectivity index (χ3n) is 5.74. The summed E-state index contributed by atoms with van der Waals surface area (Å²) >= 11 is 7.01. The molecule has 0 atom stereocenters. The van der Waals surface area contributed by atoms with E-state index in [-0.39, 0.29) is 5.57 Å². The number of anilines is 1. The highest BCUT2D eigenvalue weighted by atomic mass is 79.9. The third-order valence-corrected chi connectivity index (χ3v) is 7.11. The fourth-order valence-electron chi connectivity index (χ4n) is 3.65. The number of benzene rings is 3. The monoisotopic (exact) mass is 612 g/mol. The second-order valence-electron chi connectivity index (χ2n) is 8.14. The average molecular weight is 614 g/mol. The molecule has 3 aromatic rings. The van der Waals surface area contributed by atoms with Crippen molar-refractivity contribution < 1.29 is 23.9 Å². The van der Waals surface area contributed by atoms with E-state index >= 15 is 0 Å². The van der Waals surface area contributed by atoms with E-state index in [0.29, 0.717) is 33.8 Å². The van der Waals surface area contributed by atoms with Gasteiger partial charge in [0, 0.05) is 10.0 Å². The summed E-state index contributed by atoms with van der Waals surface area (Å²) in [4.78, 5) is 39.3. The van der Waals surface area contributed by atoms with Crippen LogP contribution in [0.15, 0.2) is 69.1 Å². The van der Waals surface area contributed by atoms with Crippen molar-refractivity contribution in [2.24, 2.45) is 0 Å². The number of hydrogen-bond acceptors (Lipinski definition) is 5. The van der Waals surface area contributed by atoms with Crippen molar-refractivity contribution in [3.8, 4) is 11.5 Å². The molecule has 9 heteroatoms. The second kappa shape index (κ2) is 10.7. The number of methoxy groups -OCH3 is 1. The summed E-state index contributed by atoms with van der Waals surface area (Å²) in [5.74, 6) is -0.596. The largest absolute Gasteiger partial charge is 0.493 e. The Labute approximate surface area is 225 Å². The van der Waals surface area contributed by atoms with Gasteiger partial charge in [0.05, 0.1) is 17.3 Å². The molecule has 0 bridgehead atoms. The first-order valence-corrected chi connectivity index (χ1v) is 12.5. The van der Waals surface area contributed by atoms with Crippen LogP contribution in [0.3, 0.4) is 0 Å². The number of amides is 4. The fourth-order valence-corrected chi connectivity index (χ4v) is 4.63. The van der Waals surface area contributed by atoms with Crippen molar-refractivity contribution >= 4 is 61.5 Å². The molecule has 0 spiro atoms. The zero-order valence-electron chi connectivity index (χ0n) is 19.7. The van der Waals surface area contributed by atoms with Crippen LogP contribution >= 0.6 is 31.9 Å². The van der Waals surface area contributed by atoms with Crippen molar-refractivity contribution in [3.63, 3.8) is 0 Å². The van der Waals surface area contributed by atoms with Crippen molar-refractivity contribution in [2.45, 2.75) is 20.5 Å². The second-order valence-corrected chi connectivity index (χ2v) is 9.85. The minimum Gasteiger partial charge on any atom is -0.493 e. The van der Waals surface area contributed by atoms with Gasteiger partial charge in [-0.1, -0.05) is 40.2 Å². The number of urea groups is 1. The van der Waals surface area contributed by atoms with E-state index in [1.54, 1.807) is 24.3 Å². The lowest BCUT2D eigenvalue weighted by Crippen LogP contribution is -2.54. The molecule has 1 fully saturated rings. The molecule has 0 unspecified atom stereocenters. The van der Waals surface area contributed by atoms with Gasteiger partial charge >= 0.3 is 6.03 Å². The number of aryl methyl sites for hydroxylation is 2. The maximum Gasteiger partial charge on any atom is 0.335 e. The quantitative estimate of drug-likeness (QED) is 0.269. The number of halogens is 2. The minimum absolute atomic E-state index is 0.177. The number of imide groups is 2. The third kappa shape index (κ3) is 5.22. The lowest BCUT2D eigenvalue weighted by atomic mass is 10.0. The normalized spacial score (nSPS) is 14.8. The van der Waals surface area contributed by atoms with Crippen LogP contribution in [-0.4, -0.2) is 25.0 Å². The van der Waals surface area contributed by atoms with Gasteiger partial charge in [-0.05, 0) is 82.9 Å². The molecular formula is C27H22Br2N2O5. The predicted molar refractivity (Wildman–Crippen MR) is 144 cm³/mol. The number of barbiturate groups is 1. The smallest absolute Gasteiger partial charge is 0.335 e. The van der Waals surface area contributed by atoms with Gasteiger partial charge in [0.2, 0.25) is 0 Å². The van der Waals surface area contributed by atoms with Crippen LogP contribution in [0.25, 0.3) is 6.08 Å². The van der Waals surface area contributed by atoms with Crippen LogP contribution in [0.5, 0.6) is 11.5 Å². The van der Waals surface area contributed by atoms with E-state index in [1.165, 1.54) is 13.2 Å². The highest BCUT2D eigenvalue weighted by Crippen LogP contribution is 2.38. The topological polar surface area (TPSA) is 84.9 Å². The lowest BCUT2D eigenvalue weighted by molar-refractivity contribution is -0.122. The molecule has 1 aliphatic heterocycles. The average Bonchev–Trinajstić information content (AvgIpc) is 2.83. The number of carbonyl (C=O) groups excluding carboxylic acids is 3. The SMILES string of the molecule is COc1cc(/C=C2\C(=O)NC(=O)N(c3ccc(C)c(C)c3)C2=O)cc(Br)c1OCc1ccccc1Br. The van der Waals surface area contributed by atoms with Crippen molar-refractivity contribution in [1.29, 1.82) is 0 Å². The Balaban J connectivity index is 1.66. The van der Waals surface area contributed by atoms with Gasteiger partial charge in [0.15, 0.2) is 11.5 Å². The summed E-state index contributed by atoms with van der Waals surface area (Å²) in [6.07, 6.45) is 1.42. The molecule has 0 saturated carbocycles. The van der Waals surface area contributed by atoms with Crippen molar-refractivity contribution in [1.82, 2.24) is 5.32 Å². The minimum atomic E-state index is -0.792. The molecule has 1 saturated heterocycles. The molecular weight excluding hydrogens is 592 g/mol. The number of rotatable bonds is 6. The standard InChI is InChI=1S/C27H22Br2N2O5/c1-15-8-9-19(10-16(15)2)31-26(33)20(25(32)30-27(31)34)11-17-12-22(29)24(23(13-17)35-3)36-14-18-6-4-5-7-21(18)28/h4-13H,14H2,1-3H3,(H,30,32,34)/b20-11+. The number of carbonyl (C=O) groups is 3. The van der Waals surface area contributed by atoms with E-state index in [2.05, 4.69) is 37.2 Å². The summed E-state index contributed by atoms with van der Waals surface area (Å²) < 4.78 is 13.0. The summed E-state index contributed by atoms with van der Waals surface area (Å²) in [7, 11) is 1.50. The van der Waals surface area contributed by atoms with Crippen LogP contribution < -0.4 is 19.7 Å². The first-order chi connectivity index (χ1) is 17.2. The van der Waals surface area contributed by atoms with Gasteiger partial charge in [-0.3, -0.25) is 14.9 Å². The Morgan fingerprint density at radius 1 is 0.944 bits per heavy atom. The molecule has 7 nitrogen and oxygen atoms in total. The van der Waals surface area contributed by atoms with Gasteiger partial charge in [0.1, 0.15) is 12.2 Å². The predicted octanol–water partition coefficient (Wildman–Crippen LogP) is 6.08. The first-order valence-electron chi connectivity index (χ1n) is 10.9. The molecule has 4 rings (SSSR count). The number of hydrogen-bond donors (Lipinski definition) is 1. The fraction of sp³-hybridized carbons (Fsp3) is 0.148. The summed E-state index contributed by atoms with van der Waals surface area (Å²) in [5.41, 5.74) is 3.62. The summed E-state index contributed by atoms with van der Waals surface area (Å²) in [6, 6.07) is 15.5. The van der Waals surface area contributed by atoms with E-state index in [9.17, 15) is 14.4 Å². The molecule has 36 heavy (non-hydrogen) atoms. The number of ether oxygens (including phenoxy) is 2. The van der Waals surface area contributed by atoms with Gasteiger partial charge in [0.25, 0.3) is 11.8 Å². The van der Waals surface area contributed by atoms with Gasteiger partial charge in [-0.25, -0.2) is 9.69 Å². The Kier molecular flexibility index (Phi) is 7.61. The van der Waals surface area contributed by atoms with Crippen molar-refractivity contribution in [3.05, 3.63) is 91.4 Å². The highest BCUT2D eigenvalue weighted by Gasteiger charge is 2.37. The molecule has 0 radical (unpaired) electrons. The van der Waals surface area contributed by atoms with Gasteiger partial charge in [-0.15, -0.1) is 0 Å². The molecule has 0 aliphatic carbocycles. The van der Waals surface area contributed by atoms with Gasteiger partial charge < -0.3 is 9.47 Å². The lowest BCUT2D eigenvalue weighted by Gasteiger charge is -2.27. The summed E-state index contributed by atoms with van der Waals surface area (Å²) in [5, 5.41) is 2.25. The Hall–Kier alpha value is -3.43. The maximum absolute atomic E-state index is 13.2. The maximum atomic E-state index is 13.2.